The third-order valence-corrected chi connectivity index (χ3v) is 6.41. The average Bonchev–Trinajstić information content (AvgIpc) is 3.18. The molecule has 7 heteroatoms. The number of benzene rings is 1. The number of sulfonamides is 1. The summed E-state index contributed by atoms with van der Waals surface area (Å²) in [5.41, 5.74) is 2.08. The maximum atomic E-state index is 13.0. The predicted octanol–water partition coefficient (Wildman–Crippen LogP) is 2.30. The molecule has 2 aromatic rings. The molecule has 1 aliphatic rings. The lowest BCUT2D eigenvalue weighted by Crippen LogP contribution is -2.33. The number of anilines is 1. The summed E-state index contributed by atoms with van der Waals surface area (Å²) in [6.45, 7) is 4.32. The Morgan fingerprint density at radius 2 is 2.04 bits per heavy atom. The molecule has 1 atom stereocenters. The van der Waals surface area contributed by atoms with Gasteiger partial charge in [0, 0.05) is 25.8 Å². The molecule has 1 N–H and O–H groups in total. The van der Waals surface area contributed by atoms with E-state index in [9.17, 15) is 13.2 Å². The van der Waals surface area contributed by atoms with Gasteiger partial charge < -0.3 is 9.88 Å². The summed E-state index contributed by atoms with van der Waals surface area (Å²) in [7, 11) is -2.01. The fourth-order valence-corrected chi connectivity index (χ4v) is 4.56. The van der Waals surface area contributed by atoms with E-state index in [1.54, 1.807) is 11.6 Å². The van der Waals surface area contributed by atoms with Gasteiger partial charge in [-0.05, 0) is 37.5 Å². The number of amides is 1. The van der Waals surface area contributed by atoms with Gasteiger partial charge in [0.2, 0.25) is 0 Å². The zero-order valence-corrected chi connectivity index (χ0v) is 15.5. The molecule has 0 unspecified atom stereocenters. The monoisotopic (exact) mass is 361 g/mol. The standard InChI is InChI=1S/C18H23N3O3S/c1-4-13(2)19-18(22)17-11-15(12-20(17)3)25(23,24)21-10-9-14-7-5-6-8-16(14)21/h5-8,11-13H,4,9-10H2,1-3H3,(H,19,22)/t13-/m0/s1. The van der Waals surface area contributed by atoms with Gasteiger partial charge in [-0.15, -0.1) is 0 Å². The lowest BCUT2D eigenvalue weighted by molar-refractivity contribution is 0.0931. The zero-order chi connectivity index (χ0) is 18.2. The van der Waals surface area contributed by atoms with Crippen molar-refractivity contribution in [2.24, 2.45) is 7.05 Å². The number of carbonyl (C=O) groups excluding carboxylic acids is 1. The van der Waals surface area contributed by atoms with Crippen molar-refractivity contribution in [2.75, 3.05) is 10.8 Å². The highest BCUT2D eigenvalue weighted by atomic mass is 32.2. The first-order chi connectivity index (χ1) is 11.8. The summed E-state index contributed by atoms with van der Waals surface area (Å²) in [6.07, 6.45) is 3.01. The zero-order valence-electron chi connectivity index (χ0n) is 14.7. The second-order valence-electron chi connectivity index (χ2n) is 6.41. The van der Waals surface area contributed by atoms with Crippen LogP contribution in [0.25, 0.3) is 0 Å². The molecule has 1 aliphatic heterocycles. The Labute approximate surface area is 148 Å². The summed E-state index contributed by atoms with van der Waals surface area (Å²) < 4.78 is 29.1. The molecule has 1 aromatic carbocycles. The number of fused-ring (bicyclic) bond motifs is 1. The highest BCUT2D eigenvalue weighted by Gasteiger charge is 2.32. The van der Waals surface area contributed by atoms with Crippen LogP contribution >= 0.6 is 0 Å². The number of para-hydroxylation sites is 1. The first-order valence-electron chi connectivity index (χ1n) is 8.42. The summed E-state index contributed by atoms with van der Waals surface area (Å²) in [4.78, 5) is 12.5. The molecule has 6 nitrogen and oxygen atoms in total. The first kappa shape index (κ1) is 17.5. The van der Waals surface area contributed by atoms with E-state index in [4.69, 9.17) is 0 Å². The molecule has 0 bridgehead atoms. The van der Waals surface area contributed by atoms with Crippen LogP contribution < -0.4 is 9.62 Å². The third-order valence-electron chi connectivity index (χ3n) is 4.63. The SMILES string of the molecule is CC[C@H](C)NC(=O)c1cc(S(=O)(=O)N2CCc3ccccc32)cn1C. The summed E-state index contributed by atoms with van der Waals surface area (Å²) in [5.74, 6) is -0.264. The highest BCUT2D eigenvalue weighted by molar-refractivity contribution is 7.92. The second kappa shape index (κ2) is 6.55. The molecular weight excluding hydrogens is 338 g/mol. The molecule has 0 saturated heterocycles. The number of rotatable bonds is 5. The summed E-state index contributed by atoms with van der Waals surface area (Å²) in [5, 5.41) is 2.87. The van der Waals surface area contributed by atoms with Crippen molar-refractivity contribution in [3.05, 3.63) is 47.8 Å². The van der Waals surface area contributed by atoms with E-state index in [1.165, 1.54) is 16.6 Å². The van der Waals surface area contributed by atoms with Gasteiger partial charge in [-0.2, -0.15) is 0 Å². The van der Waals surface area contributed by atoms with Crippen molar-refractivity contribution < 1.29 is 13.2 Å². The van der Waals surface area contributed by atoms with Crippen molar-refractivity contribution in [3.63, 3.8) is 0 Å². The van der Waals surface area contributed by atoms with Crippen LogP contribution in [-0.2, 0) is 23.5 Å². The van der Waals surface area contributed by atoms with Crippen molar-refractivity contribution in [2.45, 2.75) is 37.6 Å². The molecule has 25 heavy (non-hydrogen) atoms. The molecule has 0 saturated carbocycles. The van der Waals surface area contributed by atoms with Crippen LogP contribution in [0.3, 0.4) is 0 Å². The Hall–Kier alpha value is -2.28. The van der Waals surface area contributed by atoms with E-state index in [2.05, 4.69) is 5.32 Å². The van der Waals surface area contributed by atoms with Crippen LogP contribution in [0, 0.1) is 0 Å². The number of hydrogen-bond acceptors (Lipinski definition) is 3. The maximum absolute atomic E-state index is 13.0. The van der Waals surface area contributed by atoms with E-state index in [1.807, 2.05) is 38.1 Å². The van der Waals surface area contributed by atoms with Crippen molar-refractivity contribution >= 4 is 21.6 Å². The van der Waals surface area contributed by atoms with Gasteiger partial charge in [0.15, 0.2) is 0 Å². The number of hydrogen-bond donors (Lipinski definition) is 1. The van der Waals surface area contributed by atoms with Gasteiger partial charge in [0.25, 0.3) is 15.9 Å². The van der Waals surface area contributed by atoms with Gasteiger partial charge in [0.1, 0.15) is 10.6 Å². The molecule has 0 aliphatic carbocycles. The fraction of sp³-hybridized carbons (Fsp3) is 0.389. The van der Waals surface area contributed by atoms with E-state index >= 15 is 0 Å². The van der Waals surface area contributed by atoms with Crippen molar-refractivity contribution in [3.8, 4) is 0 Å². The average molecular weight is 361 g/mol. The number of nitrogens with one attached hydrogen (secondary N) is 1. The molecule has 0 fully saturated rings. The van der Waals surface area contributed by atoms with Crippen molar-refractivity contribution in [1.82, 2.24) is 9.88 Å². The molecule has 1 amide bonds. The number of aromatic nitrogens is 1. The smallest absolute Gasteiger partial charge is 0.268 e. The minimum Gasteiger partial charge on any atom is -0.348 e. The van der Waals surface area contributed by atoms with E-state index in [0.717, 1.165) is 17.7 Å². The van der Waals surface area contributed by atoms with Crippen LogP contribution in [0.4, 0.5) is 5.69 Å². The van der Waals surface area contributed by atoms with Gasteiger partial charge >= 0.3 is 0 Å². The minimum absolute atomic E-state index is 0.0351. The second-order valence-corrected chi connectivity index (χ2v) is 8.27. The largest absolute Gasteiger partial charge is 0.348 e. The number of nitrogens with zero attached hydrogens (tertiary/aromatic N) is 2. The molecule has 3 rings (SSSR count). The lowest BCUT2D eigenvalue weighted by Gasteiger charge is -2.18. The fourth-order valence-electron chi connectivity index (χ4n) is 2.99. The quantitative estimate of drug-likeness (QED) is 0.888. The molecule has 0 radical (unpaired) electrons. The Bertz CT molecular complexity index is 902. The molecule has 1 aromatic heterocycles. The van der Waals surface area contributed by atoms with Crippen LogP contribution in [0.15, 0.2) is 41.4 Å². The van der Waals surface area contributed by atoms with Crippen LogP contribution in [0.1, 0.15) is 36.3 Å². The first-order valence-corrected chi connectivity index (χ1v) is 9.86. The topological polar surface area (TPSA) is 71.4 Å². The normalized spacial score (nSPS) is 15.1. The summed E-state index contributed by atoms with van der Waals surface area (Å²) in [6, 6.07) is 9.00. The maximum Gasteiger partial charge on any atom is 0.268 e. The van der Waals surface area contributed by atoms with E-state index in [0.29, 0.717) is 18.7 Å². The Morgan fingerprint density at radius 1 is 1.32 bits per heavy atom. The van der Waals surface area contributed by atoms with Crippen LogP contribution in [0.2, 0.25) is 0 Å². The lowest BCUT2D eigenvalue weighted by atomic mass is 10.2. The van der Waals surface area contributed by atoms with E-state index < -0.39 is 10.0 Å². The molecule has 134 valence electrons. The molecular formula is C18H23N3O3S. The molecule has 2 heterocycles. The van der Waals surface area contributed by atoms with Gasteiger partial charge in [0.05, 0.1) is 5.69 Å². The van der Waals surface area contributed by atoms with Gasteiger partial charge in [-0.25, -0.2) is 8.42 Å². The van der Waals surface area contributed by atoms with Crippen LogP contribution in [-0.4, -0.2) is 31.5 Å². The minimum atomic E-state index is -3.69. The Kier molecular flexibility index (Phi) is 4.60. The third kappa shape index (κ3) is 3.16. The van der Waals surface area contributed by atoms with Crippen molar-refractivity contribution in [1.29, 1.82) is 0 Å². The highest BCUT2D eigenvalue weighted by Crippen LogP contribution is 2.33. The van der Waals surface area contributed by atoms with Gasteiger partial charge in [-0.1, -0.05) is 25.1 Å². The Morgan fingerprint density at radius 3 is 2.76 bits per heavy atom. The van der Waals surface area contributed by atoms with Gasteiger partial charge in [-0.3, -0.25) is 9.10 Å². The Balaban J connectivity index is 1.92. The van der Waals surface area contributed by atoms with E-state index in [-0.39, 0.29) is 16.8 Å². The number of carbonyl (C=O) groups is 1. The molecule has 0 spiro atoms. The predicted molar refractivity (Wildman–Crippen MR) is 97.3 cm³/mol. The van der Waals surface area contributed by atoms with Crippen LogP contribution in [0.5, 0.6) is 0 Å². The summed E-state index contributed by atoms with van der Waals surface area (Å²) >= 11 is 0. The number of aryl methyl sites for hydroxylation is 1.